The highest BCUT2D eigenvalue weighted by molar-refractivity contribution is 7.14. The Morgan fingerprint density at radius 2 is 1.93 bits per heavy atom. The number of nitrogens with zero attached hydrogens (tertiary/aromatic N) is 2. The zero-order valence-corrected chi connectivity index (χ0v) is 18.1. The van der Waals surface area contributed by atoms with E-state index in [9.17, 15) is 4.79 Å². The summed E-state index contributed by atoms with van der Waals surface area (Å²) in [6.45, 7) is 8.38. The summed E-state index contributed by atoms with van der Waals surface area (Å²) in [5.41, 5.74) is 5.21. The molecule has 0 saturated heterocycles. The van der Waals surface area contributed by atoms with Crippen LogP contribution in [0.3, 0.4) is 0 Å². The normalized spacial score (nSPS) is 12.0. The predicted octanol–water partition coefficient (Wildman–Crippen LogP) is 5.95. The van der Waals surface area contributed by atoms with E-state index in [0.717, 1.165) is 27.5 Å². The number of anilines is 2. The van der Waals surface area contributed by atoms with Crippen molar-refractivity contribution in [2.75, 3.05) is 4.90 Å². The zero-order chi connectivity index (χ0) is 20.3. The first-order valence-corrected chi connectivity index (χ1v) is 10.4. The summed E-state index contributed by atoms with van der Waals surface area (Å²) in [6, 6.07) is 14.0. The molecule has 1 aromatic heterocycles. The third-order valence-corrected chi connectivity index (χ3v) is 5.95. The lowest BCUT2D eigenvalue weighted by Gasteiger charge is -2.21. The van der Waals surface area contributed by atoms with Gasteiger partial charge in [-0.3, -0.25) is 9.69 Å². The molecule has 0 aliphatic carbocycles. The van der Waals surface area contributed by atoms with Gasteiger partial charge in [-0.2, -0.15) is 0 Å². The molecule has 0 aliphatic rings. The molecule has 146 valence electrons. The summed E-state index contributed by atoms with van der Waals surface area (Å²) in [5, 5.41) is 6.90. The maximum atomic E-state index is 12.4. The van der Waals surface area contributed by atoms with Crippen LogP contribution in [0.2, 0.25) is 5.02 Å². The summed E-state index contributed by atoms with van der Waals surface area (Å²) in [5.74, 6) is -0.0444. The molecule has 0 radical (unpaired) electrons. The molecule has 0 spiro atoms. The van der Waals surface area contributed by atoms with E-state index in [1.165, 1.54) is 16.9 Å². The Morgan fingerprint density at radius 3 is 2.61 bits per heavy atom. The number of amides is 1. The number of carbonyl (C=O) groups is 1. The quantitative estimate of drug-likeness (QED) is 0.543. The van der Waals surface area contributed by atoms with Crippen molar-refractivity contribution in [3.8, 4) is 0 Å². The molecular weight excluding hydrogens is 390 g/mol. The van der Waals surface area contributed by atoms with Crippen molar-refractivity contribution in [2.24, 2.45) is 0 Å². The fourth-order valence-electron chi connectivity index (χ4n) is 2.99. The minimum absolute atomic E-state index is 0.0444. The smallest absolute Gasteiger partial charge is 0.230 e. The van der Waals surface area contributed by atoms with Crippen LogP contribution in [0.1, 0.15) is 42.3 Å². The summed E-state index contributed by atoms with van der Waals surface area (Å²) in [4.78, 5) is 18.8. The van der Waals surface area contributed by atoms with E-state index in [1.54, 1.807) is 11.8 Å². The lowest BCUT2D eigenvalue weighted by atomic mass is 10.1. The first-order valence-electron chi connectivity index (χ1n) is 9.17. The van der Waals surface area contributed by atoms with Gasteiger partial charge in [0.1, 0.15) is 0 Å². The van der Waals surface area contributed by atoms with E-state index in [1.807, 2.05) is 61.7 Å². The first kappa shape index (κ1) is 20.5. The second-order valence-corrected chi connectivity index (χ2v) is 8.12. The number of nitrogens with one attached hydrogen (secondary N) is 1. The fraction of sp³-hybridized carbons (Fsp3) is 0.273. The van der Waals surface area contributed by atoms with E-state index in [4.69, 9.17) is 16.6 Å². The molecule has 1 heterocycles. The standard InChI is InChI=1S/C22H24ClN3OS/c1-14-6-5-7-21(15(14)2)26(17(4)27)22-25-20(13-28-22)12-24-16(3)18-8-10-19(23)11-9-18/h5-11,13,16,24H,12H2,1-4H3/t16-/m1/s1. The maximum absolute atomic E-state index is 12.4. The van der Waals surface area contributed by atoms with Gasteiger partial charge in [-0.25, -0.2) is 4.98 Å². The number of aryl methyl sites for hydroxylation is 1. The van der Waals surface area contributed by atoms with Crippen molar-refractivity contribution in [3.05, 3.63) is 75.3 Å². The summed E-state index contributed by atoms with van der Waals surface area (Å²) in [7, 11) is 0. The maximum Gasteiger partial charge on any atom is 0.230 e. The van der Waals surface area contributed by atoms with Gasteiger partial charge in [0.2, 0.25) is 5.91 Å². The van der Waals surface area contributed by atoms with Gasteiger partial charge in [-0.15, -0.1) is 11.3 Å². The molecule has 3 aromatic rings. The second-order valence-electron chi connectivity index (χ2n) is 6.85. The largest absolute Gasteiger partial charge is 0.305 e. The Bertz CT molecular complexity index is 968. The van der Waals surface area contributed by atoms with Crippen molar-refractivity contribution in [1.82, 2.24) is 10.3 Å². The Labute approximate surface area is 175 Å². The van der Waals surface area contributed by atoms with Crippen LogP contribution in [-0.2, 0) is 11.3 Å². The van der Waals surface area contributed by atoms with Crippen LogP contribution >= 0.6 is 22.9 Å². The van der Waals surface area contributed by atoms with Gasteiger partial charge < -0.3 is 5.32 Å². The van der Waals surface area contributed by atoms with Gasteiger partial charge >= 0.3 is 0 Å². The highest BCUT2D eigenvalue weighted by Crippen LogP contribution is 2.32. The predicted molar refractivity (Wildman–Crippen MR) is 118 cm³/mol. The molecule has 1 atom stereocenters. The summed E-state index contributed by atoms with van der Waals surface area (Å²) in [6.07, 6.45) is 0. The van der Waals surface area contributed by atoms with Crippen molar-refractivity contribution in [3.63, 3.8) is 0 Å². The minimum atomic E-state index is -0.0444. The highest BCUT2D eigenvalue weighted by Gasteiger charge is 2.20. The molecule has 28 heavy (non-hydrogen) atoms. The van der Waals surface area contributed by atoms with Crippen LogP contribution in [0.15, 0.2) is 47.8 Å². The third kappa shape index (κ3) is 4.61. The van der Waals surface area contributed by atoms with E-state index in [-0.39, 0.29) is 11.9 Å². The monoisotopic (exact) mass is 413 g/mol. The molecule has 0 bridgehead atoms. The van der Waals surface area contributed by atoms with Crippen LogP contribution in [-0.4, -0.2) is 10.9 Å². The Hall–Kier alpha value is -2.21. The van der Waals surface area contributed by atoms with Gasteiger partial charge in [-0.1, -0.05) is 35.9 Å². The number of thiazole rings is 1. The third-order valence-electron chi connectivity index (χ3n) is 4.82. The molecule has 0 aliphatic heterocycles. The van der Waals surface area contributed by atoms with Crippen molar-refractivity contribution >= 4 is 39.7 Å². The minimum Gasteiger partial charge on any atom is -0.305 e. The number of halogens is 1. The number of hydrogen-bond acceptors (Lipinski definition) is 4. The molecule has 2 aromatic carbocycles. The molecule has 3 rings (SSSR count). The lowest BCUT2D eigenvalue weighted by Crippen LogP contribution is -2.24. The first-order chi connectivity index (χ1) is 13.4. The van der Waals surface area contributed by atoms with E-state index < -0.39 is 0 Å². The van der Waals surface area contributed by atoms with E-state index in [2.05, 4.69) is 12.2 Å². The second kappa shape index (κ2) is 8.86. The molecule has 6 heteroatoms. The number of aromatic nitrogens is 1. The summed E-state index contributed by atoms with van der Waals surface area (Å²) >= 11 is 7.44. The molecule has 1 N–H and O–H groups in total. The Morgan fingerprint density at radius 1 is 1.21 bits per heavy atom. The SMILES string of the molecule is CC(=O)N(c1nc(CN[C@H](C)c2ccc(Cl)cc2)cs1)c1cccc(C)c1C. The zero-order valence-electron chi connectivity index (χ0n) is 16.5. The van der Waals surface area contributed by atoms with Crippen molar-refractivity contribution in [2.45, 2.75) is 40.3 Å². The molecule has 4 nitrogen and oxygen atoms in total. The Balaban J connectivity index is 1.75. The van der Waals surface area contributed by atoms with Gasteiger partial charge in [0.15, 0.2) is 5.13 Å². The van der Waals surface area contributed by atoms with Crippen LogP contribution in [0.25, 0.3) is 0 Å². The van der Waals surface area contributed by atoms with Crippen LogP contribution < -0.4 is 10.2 Å². The van der Waals surface area contributed by atoms with Crippen molar-refractivity contribution in [1.29, 1.82) is 0 Å². The molecule has 0 unspecified atom stereocenters. The number of hydrogen-bond donors (Lipinski definition) is 1. The number of benzene rings is 2. The summed E-state index contributed by atoms with van der Waals surface area (Å²) < 4.78 is 0. The van der Waals surface area contributed by atoms with Crippen LogP contribution in [0.5, 0.6) is 0 Å². The molecule has 0 fully saturated rings. The number of rotatable bonds is 6. The molecular formula is C22H24ClN3OS. The van der Waals surface area contributed by atoms with Crippen LogP contribution in [0.4, 0.5) is 10.8 Å². The van der Waals surface area contributed by atoms with Gasteiger partial charge in [0.25, 0.3) is 0 Å². The topological polar surface area (TPSA) is 45.2 Å². The van der Waals surface area contributed by atoms with Gasteiger partial charge in [0, 0.05) is 29.9 Å². The molecule has 1 amide bonds. The van der Waals surface area contributed by atoms with Crippen LogP contribution in [0, 0.1) is 13.8 Å². The van der Waals surface area contributed by atoms with E-state index >= 15 is 0 Å². The Kier molecular flexibility index (Phi) is 6.50. The highest BCUT2D eigenvalue weighted by atomic mass is 35.5. The molecule has 0 saturated carbocycles. The average Bonchev–Trinajstić information content (AvgIpc) is 3.12. The van der Waals surface area contributed by atoms with Gasteiger partial charge in [0.05, 0.1) is 11.4 Å². The fourth-order valence-corrected chi connectivity index (χ4v) is 4.00. The van der Waals surface area contributed by atoms with E-state index in [0.29, 0.717) is 11.7 Å². The lowest BCUT2D eigenvalue weighted by molar-refractivity contribution is -0.115. The number of carbonyl (C=O) groups excluding carboxylic acids is 1. The van der Waals surface area contributed by atoms with Gasteiger partial charge in [-0.05, 0) is 55.7 Å². The van der Waals surface area contributed by atoms with Crippen molar-refractivity contribution < 1.29 is 4.79 Å². The average molecular weight is 414 g/mol.